The SMILES string of the molecule is CCCc1nc(NCC)c(C)c(N(C)C2CCOC2)n1. The van der Waals surface area contributed by atoms with E-state index in [1.54, 1.807) is 0 Å². The lowest BCUT2D eigenvalue weighted by Crippen LogP contribution is -2.33. The molecule has 1 saturated heterocycles. The Balaban J connectivity index is 2.33. The fourth-order valence-electron chi connectivity index (χ4n) is 2.57. The van der Waals surface area contributed by atoms with Gasteiger partial charge in [-0.15, -0.1) is 0 Å². The van der Waals surface area contributed by atoms with Crippen molar-refractivity contribution in [1.82, 2.24) is 9.97 Å². The first-order valence-electron chi connectivity index (χ1n) is 7.59. The molecule has 1 fully saturated rings. The average Bonchev–Trinajstić information content (AvgIpc) is 2.96. The third kappa shape index (κ3) is 3.20. The smallest absolute Gasteiger partial charge is 0.137 e. The first kappa shape index (κ1) is 15.0. The minimum Gasteiger partial charge on any atom is -0.379 e. The van der Waals surface area contributed by atoms with Crippen molar-refractivity contribution in [3.8, 4) is 0 Å². The fourth-order valence-corrected chi connectivity index (χ4v) is 2.57. The van der Waals surface area contributed by atoms with E-state index in [9.17, 15) is 0 Å². The molecule has 1 aromatic rings. The largest absolute Gasteiger partial charge is 0.379 e. The minimum atomic E-state index is 0.424. The number of rotatable bonds is 6. The van der Waals surface area contributed by atoms with Crippen molar-refractivity contribution in [2.24, 2.45) is 0 Å². The van der Waals surface area contributed by atoms with Crippen molar-refractivity contribution in [2.45, 2.75) is 46.1 Å². The molecular formula is C15H26N4O. The molecule has 0 bridgehead atoms. The molecule has 1 N–H and O–H groups in total. The lowest BCUT2D eigenvalue weighted by atomic mass is 10.2. The highest BCUT2D eigenvalue weighted by molar-refractivity contribution is 5.58. The lowest BCUT2D eigenvalue weighted by Gasteiger charge is -2.27. The van der Waals surface area contributed by atoms with E-state index in [1.807, 2.05) is 0 Å². The number of nitrogens with one attached hydrogen (secondary N) is 1. The molecule has 20 heavy (non-hydrogen) atoms. The summed E-state index contributed by atoms with van der Waals surface area (Å²) in [6, 6.07) is 0.424. The van der Waals surface area contributed by atoms with Gasteiger partial charge in [0.25, 0.3) is 0 Å². The summed E-state index contributed by atoms with van der Waals surface area (Å²) >= 11 is 0. The van der Waals surface area contributed by atoms with Crippen LogP contribution in [0.15, 0.2) is 0 Å². The maximum Gasteiger partial charge on any atom is 0.137 e. The maximum atomic E-state index is 5.49. The maximum absolute atomic E-state index is 5.49. The van der Waals surface area contributed by atoms with Crippen LogP contribution in [0.2, 0.25) is 0 Å². The van der Waals surface area contributed by atoms with E-state index >= 15 is 0 Å². The summed E-state index contributed by atoms with van der Waals surface area (Å²) in [5.41, 5.74) is 1.13. The zero-order valence-electron chi connectivity index (χ0n) is 13.1. The zero-order valence-corrected chi connectivity index (χ0v) is 13.1. The summed E-state index contributed by atoms with van der Waals surface area (Å²) in [6.07, 6.45) is 3.05. The van der Waals surface area contributed by atoms with E-state index < -0.39 is 0 Å². The molecule has 1 unspecified atom stereocenters. The van der Waals surface area contributed by atoms with Crippen LogP contribution in [0.1, 0.15) is 38.1 Å². The van der Waals surface area contributed by atoms with Crippen molar-refractivity contribution in [3.63, 3.8) is 0 Å². The molecule has 112 valence electrons. The van der Waals surface area contributed by atoms with Crippen LogP contribution in [0.5, 0.6) is 0 Å². The topological polar surface area (TPSA) is 50.3 Å². The summed E-state index contributed by atoms with van der Waals surface area (Å²) in [5, 5.41) is 3.35. The van der Waals surface area contributed by atoms with Crippen LogP contribution >= 0.6 is 0 Å². The zero-order chi connectivity index (χ0) is 14.5. The number of nitrogens with zero attached hydrogens (tertiary/aromatic N) is 3. The van der Waals surface area contributed by atoms with Gasteiger partial charge in [0.05, 0.1) is 12.6 Å². The van der Waals surface area contributed by atoms with Crippen molar-refractivity contribution < 1.29 is 4.74 Å². The van der Waals surface area contributed by atoms with Gasteiger partial charge in [-0.05, 0) is 26.7 Å². The van der Waals surface area contributed by atoms with Crippen LogP contribution in [-0.2, 0) is 11.2 Å². The van der Waals surface area contributed by atoms with Crippen molar-refractivity contribution >= 4 is 11.6 Å². The number of aryl methyl sites for hydroxylation is 1. The van der Waals surface area contributed by atoms with E-state index in [0.29, 0.717) is 6.04 Å². The standard InChI is InChI=1S/C15H26N4O/c1-5-7-13-17-14(16-6-2)11(3)15(18-13)19(4)12-8-9-20-10-12/h12H,5-10H2,1-4H3,(H,16,17,18). The first-order valence-corrected chi connectivity index (χ1v) is 7.59. The molecule has 0 spiro atoms. The number of aromatic nitrogens is 2. The molecule has 1 atom stereocenters. The molecule has 2 heterocycles. The normalized spacial score (nSPS) is 18.3. The quantitative estimate of drug-likeness (QED) is 0.866. The fraction of sp³-hybridized carbons (Fsp3) is 0.733. The van der Waals surface area contributed by atoms with E-state index in [0.717, 1.165) is 62.0 Å². The predicted octanol–water partition coefficient (Wildman–Crippen LogP) is 2.39. The molecule has 1 aromatic heterocycles. The first-order chi connectivity index (χ1) is 9.67. The van der Waals surface area contributed by atoms with Gasteiger partial charge in [-0.2, -0.15) is 0 Å². The summed E-state index contributed by atoms with van der Waals surface area (Å²) < 4.78 is 5.49. The van der Waals surface area contributed by atoms with Crippen molar-refractivity contribution in [1.29, 1.82) is 0 Å². The highest BCUT2D eigenvalue weighted by atomic mass is 16.5. The lowest BCUT2D eigenvalue weighted by molar-refractivity contribution is 0.193. The van der Waals surface area contributed by atoms with Gasteiger partial charge in [0.15, 0.2) is 0 Å². The summed E-state index contributed by atoms with van der Waals surface area (Å²) in [4.78, 5) is 11.7. The van der Waals surface area contributed by atoms with Gasteiger partial charge < -0.3 is 15.0 Å². The highest BCUT2D eigenvalue weighted by Crippen LogP contribution is 2.26. The van der Waals surface area contributed by atoms with Crippen molar-refractivity contribution in [3.05, 3.63) is 11.4 Å². The summed E-state index contributed by atoms with van der Waals surface area (Å²) in [6.45, 7) is 8.86. The van der Waals surface area contributed by atoms with Crippen LogP contribution < -0.4 is 10.2 Å². The van der Waals surface area contributed by atoms with Gasteiger partial charge in [0.1, 0.15) is 17.5 Å². The molecule has 0 saturated carbocycles. The number of likely N-dealkylation sites (N-methyl/N-ethyl adjacent to an activating group) is 1. The molecule has 5 heteroatoms. The Morgan fingerprint density at radius 3 is 2.75 bits per heavy atom. The number of hydrogen-bond donors (Lipinski definition) is 1. The van der Waals surface area contributed by atoms with Crippen molar-refractivity contribution in [2.75, 3.05) is 37.0 Å². The molecular weight excluding hydrogens is 252 g/mol. The molecule has 1 aliphatic heterocycles. The molecule has 5 nitrogen and oxygen atoms in total. The Morgan fingerprint density at radius 1 is 1.35 bits per heavy atom. The third-order valence-corrected chi connectivity index (χ3v) is 3.77. The molecule has 0 aliphatic carbocycles. The Labute approximate surface area is 121 Å². The minimum absolute atomic E-state index is 0.424. The third-order valence-electron chi connectivity index (χ3n) is 3.77. The Morgan fingerprint density at radius 2 is 2.15 bits per heavy atom. The Hall–Kier alpha value is -1.36. The molecule has 0 amide bonds. The van der Waals surface area contributed by atoms with Crippen LogP contribution in [0.4, 0.5) is 11.6 Å². The molecule has 2 rings (SSSR count). The average molecular weight is 278 g/mol. The Bertz CT molecular complexity index is 444. The van der Waals surface area contributed by atoms with Gasteiger partial charge in [-0.3, -0.25) is 0 Å². The monoisotopic (exact) mass is 278 g/mol. The van der Waals surface area contributed by atoms with Crippen LogP contribution in [0.3, 0.4) is 0 Å². The second-order valence-electron chi connectivity index (χ2n) is 5.35. The van der Waals surface area contributed by atoms with Gasteiger partial charge in [0, 0.05) is 32.2 Å². The highest BCUT2D eigenvalue weighted by Gasteiger charge is 2.24. The van der Waals surface area contributed by atoms with E-state index in [1.165, 1.54) is 0 Å². The van der Waals surface area contributed by atoms with Gasteiger partial charge in [0.2, 0.25) is 0 Å². The summed E-state index contributed by atoms with van der Waals surface area (Å²) in [5.74, 6) is 2.93. The Kier molecular flexibility index (Phi) is 5.17. The summed E-state index contributed by atoms with van der Waals surface area (Å²) in [7, 11) is 2.11. The van der Waals surface area contributed by atoms with Gasteiger partial charge in [-0.1, -0.05) is 6.92 Å². The molecule has 1 aliphatic rings. The van der Waals surface area contributed by atoms with E-state index in [4.69, 9.17) is 9.72 Å². The van der Waals surface area contributed by atoms with Crippen LogP contribution in [-0.4, -0.2) is 42.8 Å². The number of hydrogen-bond acceptors (Lipinski definition) is 5. The van der Waals surface area contributed by atoms with E-state index in [2.05, 4.69) is 43.0 Å². The van der Waals surface area contributed by atoms with E-state index in [-0.39, 0.29) is 0 Å². The number of anilines is 2. The van der Waals surface area contributed by atoms with Crippen LogP contribution in [0, 0.1) is 6.92 Å². The molecule has 0 aromatic carbocycles. The second kappa shape index (κ2) is 6.88. The second-order valence-corrected chi connectivity index (χ2v) is 5.35. The molecule has 0 radical (unpaired) electrons. The van der Waals surface area contributed by atoms with Gasteiger partial charge in [-0.25, -0.2) is 9.97 Å². The van der Waals surface area contributed by atoms with Crippen LogP contribution in [0.25, 0.3) is 0 Å². The number of ether oxygens (including phenoxy) is 1. The van der Waals surface area contributed by atoms with Gasteiger partial charge >= 0.3 is 0 Å². The predicted molar refractivity (Wildman–Crippen MR) is 82.6 cm³/mol.